The highest BCUT2D eigenvalue weighted by atomic mass is 16.5. The molecule has 1 amide bonds. The predicted octanol–water partition coefficient (Wildman–Crippen LogP) is 1.13. The third-order valence-electron chi connectivity index (χ3n) is 4.84. The van der Waals surface area contributed by atoms with E-state index in [1.807, 2.05) is 4.90 Å². The molecule has 2 fully saturated rings. The largest absolute Gasteiger partial charge is 0.381 e. The maximum absolute atomic E-state index is 12.5. The number of ether oxygens (including phenoxy) is 1. The molecule has 0 radical (unpaired) electrons. The number of hydrogen-bond acceptors (Lipinski definition) is 7. The van der Waals surface area contributed by atoms with E-state index in [-0.39, 0.29) is 11.3 Å². The van der Waals surface area contributed by atoms with Gasteiger partial charge in [-0.25, -0.2) is 9.97 Å². The summed E-state index contributed by atoms with van der Waals surface area (Å²) in [6.45, 7) is 3.70. The molecular weight excluding hydrogens is 320 g/mol. The van der Waals surface area contributed by atoms with Gasteiger partial charge >= 0.3 is 0 Å². The Kier molecular flexibility index (Phi) is 4.27. The molecule has 4 rings (SSSR count). The van der Waals surface area contributed by atoms with Gasteiger partial charge in [-0.1, -0.05) is 0 Å². The van der Waals surface area contributed by atoms with Crippen LogP contribution in [0.1, 0.15) is 28.9 Å². The molecule has 0 aliphatic carbocycles. The fourth-order valence-electron chi connectivity index (χ4n) is 3.33. The van der Waals surface area contributed by atoms with Gasteiger partial charge in [0.15, 0.2) is 0 Å². The zero-order valence-corrected chi connectivity index (χ0v) is 13.9. The first-order valence-corrected chi connectivity index (χ1v) is 8.42. The molecule has 4 heterocycles. The van der Waals surface area contributed by atoms with Gasteiger partial charge in [-0.15, -0.1) is 0 Å². The Bertz CT molecular complexity index is 723. The number of likely N-dealkylation sites (tertiary alicyclic amines) is 1. The van der Waals surface area contributed by atoms with E-state index in [9.17, 15) is 4.79 Å². The molecule has 2 aromatic rings. The summed E-state index contributed by atoms with van der Waals surface area (Å²) in [7, 11) is 0. The monoisotopic (exact) mass is 340 g/mol. The van der Waals surface area contributed by atoms with Crippen LogP contribution in [0.25, 0.3) is 0 Å². The van der Waals surface area contributed by atoms with Crippen molar-refractivity contribution in [1.29, 1.82) is 0 Å². The Labute approximate surface area is 145 Å². The average Bonchev–Trinajstić information content (AvgIpc) is 2.66. The molecule has 8 heteroatoms. The summed E-state index contributed by atoms with van der Waals surface area (Å²) < 4.78 is 5.41. The Morgan fingerprint density at radius 3 is 2.56 bits per heavy atom. The highest BCUT2D eigenvalue weighted by Gasteiger charge is 2.45. The van der Waals surface area contributed by atoms with Crippen molar-refractivity contribution in [1.82, 2.24) is 24.8 Å². The summed E-state index contributed by atoms with van der Waals surface area (Å²) in [5.41, 5.74) is 1.59. The third kappa shape index (κ3) is 3.43. The first-order valence-electron chi connectivity index (χ1n) is 8.42. The number of nitrogens with zero attached hydrogens (tertiary/aromatic N) is 5. The van der Waals surface area contributed by atoms with E-state index in [0.29, 0.717) is 18.1 Å². The third-order valence-corrected chi connectivity index (χ3v) is 4.84. The Hall–Kier alpha value is -2.61. The molecule has 8 nitrogen and oxygen atoms in total. The van der Waals surface area contributed by atoms with E-state index in [1.165, 1.54) is 0 Å². The van der Waals surface area contributed by atoms with Crippen LogP contribution < -0.4 is 5.32 Å². The first-order chi connectivity index (χ1) is 12.2. The number of amides is 1. The predicted molar refractivity (Wildman–Crippen MR) is 89.8 cm³/mol. The summed E-state index contributed by atoms with van der Waals surface area (Å²) in [5.74, 6) is 0.462. The molecule has 2 aromatic heterocycles. The van der Waals surface area contributed by atoms with Crippen LogP contribution in [0.15, 0.2) is 31.0 Å². The molecule has 0 bridgehead atoms. The van der Waals surface area contributed by atoms with Crippen molar-refractivity contribution in [3.8, 4) is 0 Å². The van der Waals surface area contributed by atoms with Crippen molar-refractivity contribution >= 4 is 11.9 Å². The summed E-state index contributed by atoms with van der Waals surface area (Å²) in [6, 6.07) is 0. The van der Waals surface area contributed by atoms with Crippen molar-refractivity contribution in [2.24, 2.45) is 5.41 Å². The van der Waals surface area contributed by atoms with Gasteiger partial charge in [0, 0.05) is 56.5 Å². The van der Waals surface area contributed by atoms with Crippen LogP contribution in [0.4, 0.5) is 5.95 Å². The van der Waals surface area contributed by atoms with Gasteiger partial charge in [0.1, 0.15) is 0 Å². The quantitative estimate of drug-likeness (QED) is 0.892. The van der Waals surface area contributed by atoms with Crippen molar-refractivity contribution in [2.75, 3.05) is 31.6 Å². The van der Waals surface area contributed by atoms with E-state index in [2.05, 4.69) is 25.3 Å². The zero-order chi connectivity index (χ0) is 17.1. The fraction of sp³-hybridized carbons (Fsp3) is 0.471. The minimum absolute atomic E-state index is 0.00223. The van der Waals surface area contributed by atoms with E-state index in [4.69, 9.17) is 4.74 Å². The van der Waals surface area contributed by atoms with Crippen LogP contribution in [0.2, 0.25) is 0 Å². The molecule has 0 aromatic carbocycles. The van der Waals surface area contributed by atoms with Gasteiger partial charge in [-0.2, -0.15) is 0 Å². The molecule has 0 atom stereocenters. The molecule has 2 aliphatic rings. The molecule has 25 heavy (non-hydrogen) atoms. The van der Waals surface area contributed by atoms with E-state index >= 15 is 0 Å². The number of anilines is 1. The fourth-order valence-corrected chi connectivity index (χ4v) is 3.33. The topological polar surface area (TPSA) is 93.1 Å². The van der Waals surface area contributed by atoms with Gasteiger partial charge < -0.3 is 15.0 Å². The highest BCUT2D eigenvalue weighted by Crippen LogP contribution is 2.40. The molecule has 2 aliphatic heterocycles. The second-order valence-corrected chi connectivity index (χ2v) is 6.62. The van der Waals surface area contributed by atoms with Gasteiger partial charge in [0.25, 0.3) is 5.91 Å². The number of hydrogen-bond donors (Lipinski definition) is 1. The molecule has 130 valence electrons. The van der Waals surface area contributed by atoms with Crippen molar-refractivity contribution < 1.29 is 9.53 Å². The summed E-state index contributed by atoms with van der Waals surface area (Å²) >= 11 is 0. The number of nitrogens with one attached hydrogen (secondary N) is 1. The minimum Gasteiger partial charge on any atom is -0.381 e. The highest BCUT2D eigenvalue weighted by molar-refractivity contribution is 5.94. The van der Waals surface area contributed by atoms with Gasteiger partial charge in [0.05, 0.1) is 24.0 Å². The molecule has 1 spiro atoms. The Morgan fingerprint density at radius 2 is 1.88 bits per heavy atom. The van der Waals surface area contributed by atoms with Crippen molar-refractivity contribution in [2.45, 2.75) is 19.4 Å². The maximum Gasteiger partial charge on any atom is 0.257 e. The number of aromatic nitrogens is 4. The maximum atomic E-state index is 12.5. The lowest BCUT2D eigenvalue weighted by Crippen LogP contribution is -2.60. The van der Waals surface area contributed by atoms with Crippen LogP contribution in [-0.4, -0.2) is 57.0 Å². The molecule has 0 unspecified atom stereocenters. The standard InChI is InChI=1S/C17H20N6O2/c24-15(23-11-17(12-23)1-5-25-6-2-17)13-7-20-16(21-8-13)22-10-14-9-18-3-4-19-14/h3-4,7-9H,1-2,5-6,10-12H2,(H,20,21,22). The first kappa shape index (κ1) is 15.9. The lowest BCUT2D eigenvalue weighted by molar-refractivity contribution is -0.0666. The Morgan fingerprint density at radius 1 is 1.12 bits per heavy atom. The van der Waals surface area contributed by atoms with Crippen molar-refractivity contribution in [3.05, 3.63) is 42.2 Å². The number of carbonyl (C=O) groups excluding carboxylic acids is 1. The van der Waals surface area contributed by atoms with Gasteiger partial charge in [0.2, 0.25) is 5.95 Å². The normalized spacial score (nSPS) is 18.6. The number of rotatable bonds is 4. The van der Waals surface area contributed by atoms with Gasteiger partial charge in [-0.3, -0.25) is 14.8 Å². The number of carbonyl (C=O) groups is 1. The summed E-state index contributed by atoms with van der Waals surface area (Å²) in [4.78, 5) is 31.0. The van der Waals surface area contributed by atoms with E-state index in [0.717, 1.165) is 44.8 Å². The lowest BCUT2D eigenvalue weighted by Gasteiger charge is -2.52. The molecule has 2 saturated heterocycles. The Balaban J connectivity index is 1.32. The smallest absolute Gasteiger partial charge is 0.257 e. The van der Waals surface area contributed by atoms with Crippen LogP contribution in [0.3, 0.4) is 0 Å². The molecule has 1 N–H and O–H groups in total. The molecule has 0 saturated carbocycles. The summed E-state index contributed by atoms with van der Waals surface area (Å²) in [5, 5.41) is 3.07. The molecular formula is C17H20N6O2. The van der Waals surface area contributed by atoms with E-state index < -0.39 is 0 Å². The van der Waals surface area contributed by atoms with Crippen LogP contribution >= 0.6 is 0 Å². The van der Waals surface area contributed by atoms with Gasteiger partial charge in [-0.05, 0) is 12.8 Å². The minimum atomic E-state index is -0.00223. The lowest BCUT2D eigenvalue weighted by atomic mass is 9.73. The van der Waals surface area contributed by atoms with Crippen LogP contribution in [0, 0.1) is 5.41 Å². The zero-order valence-electron chi connectivity index (χ0n) is 13.9. The van der Waals surface area contributed by atoms with Crippen molar-refractivity contribution in [3.63, 3.8) is 0 Å². The van der Waals surface area contributed by atoms with Crippen LogP contribution in [-0.2, 0) is 11.3 Å². The second kappa shape index (κ2) is 6.72. The second-order valence-electron chi connectivity index (χ2n) is 6.62. The van der Waals surface area contributed by atoms with Crippen LogP contribution in [0.5, 0.6) is 0 Å². The SMILES string of the molecule is O=C(c1cnc(NCc2cnccn2)nc1)N1CC2(CCOCC2)C1. The summed E-state index contributed by atoms with van der Waals surface area (Å²) in [6.07, 6.45) is 10.2. The van der Waals surface area contributed by atoms with E-state index in [1.54, 1.807) is 31.0 Å². The average molecular weight is 340 g/mol.